The van der Waals surface area contributed by atoms with Crippen molar-refractivity contribution in [1.29, 1.82) is 0 Å². The molecule has 1 aromatic carbocycles. The molecule has 88 valence electrons. The molecule has 2 aromatic rings. The van der Waals surface area contributed by atoms with Crippen molar-refractivity contribution in [3.05, 3.63) is 30.1 Å². The average molecular weight is 229 g/mol. The Morgan fingerprint density at radius 3 is 2.82 bits per heavy atom. The Hall–Kier alpha value is -1.84. The van der Waals surface area contributed by atoms with Crippen molar-refractivity contribution in [3.8, 4) is 17.1 Å². The topological polar surface area (TPSA) is 50.9 Å². The Kier molecular flexibility index (Phi) is 2.35. The summed E-state index contributed by atoms with van der Waals surface area (Å²) in [7, 11) is 0. The van der Waals surface area contributed by atoms with E-state index in [0.29, 0.717) is 5.92 Å². The highest BCUT2D eigenvalue weighted by molar-refractivity contribution is 5.55. The van der Waals surface area contributed by atoms with Crippen LogP contribution in [-0.2, 0) is 13.0 Å². The van der Waals surface area contributed by atoms with Crippen molar-refractivity contribution < 1.29 is 5.11 Å². The van der Waals surface area contributed by atoms with Gasteiger partial charge in [-0.05, 0) is 36.6 Å². The Labute approximate surface area is 99.9 Å². The molecule has 0 aliphatic carbocycles. The molecule has 0 bridgehead atoms. The van der Waals surface area contributed by atoms with E-state index in [2.05, 4.69) is 17.0 Å². The maximum atomic E-state index is 9.25. The van der Waals surface area contributed by atoms with Crippen LogP contribution in [0.2, 0.25) is 0 Å². The minimum Gasteiger partial charge on any atom is -0.508 e. The van der Waals surface area contributed by atoms with Crippen molar-refractivity contribution in [2.75, 3.05) is 0 Å². The van der Waals surface area contributed by atoms with Gasteiger partial charge in [0.2, 0.25) is 0 Å². The summed E-state index contributed by atoms with van der Waals surface area (Å²) in [5.41, 5.74) is 0.956. The monoisotopic (exact) mass is 229 g/mol. The summed E-state index contributed by atoms with van der Waals surface area (Å²) in [5.74, 6) is 2.78. The zero-order chi connectivity index (χ0) is 11.8. The van der Waals surface area contributed by atoms with E-state index in [1.54, 1.807) is 12.1 Å². The highest BCUT2D eigenvalue weighted by Crippen LogP contribution is 2.23. The summed E-state index contributed by atoms with van der Waals surface area (Å²) in [6.07, 6.45) is 2.19. The molecule has 1 aromatic heterocycles. The molecular weight excluding hydrogens is 214 g/mol. The lowest BCUT2D eigenvalue weighted by atomic mass is 10.0. The molecule has 4 nitrogen and oxygen atoms in total. The van der Waals surface area contributed by atoms with Gasteiger partial charge in [-0.25, -0.2) is 9.67 Å². The fourth-order valence-electron chi connectivity index (χ4n) is 2.20. The summed E-state index contributed by atoms with van der Waals surface area (Å²) in [6.45, 7) is 3.20. The second-order valence-corrected chi connectivity index (χ2v) is 4.72. The van der Waals surface area contributed by atoms with E-state index in [9.17, 15) is 5.11 Å². The number of aromatic hydroxyl groups is 1. The number of nitrogens with zero attached hydrogens (tertiary/aromatic N) is 3. The molecule has 1 aliphatic rings. The van der Waals surface area contributed by atoms with Crippen molar-refractivity contribution in [3.63, 3.8) is 0 Å². The smallest absolute Gasteiger partial charge is 0.181 e. The zero-order valence-electron chi connectivity index (χ0n) is 9.80. The number of phenolic OH excluding ortho intramolecular Hbond substituents is 1. The summed E-state index contributed by atoms with van der Waals surface area (Å²) >= 11 is 0. The molecule has 0 spiro atoms. The lowest BCUT2D eigenvalue weighted by Gasteiger charge is -2.17. The Morgan fingerprint density at radius 1 is 1.29 bits per heavy atom. The van der Waals surface area contributed by atoms with Crippen LogP contribution in [0.5, 0.6) is 5.75 Å². The molecule has 2 heterocycles. The average Bonchev–Trinajstić information content (AvgIpc) is 2.72. The number of hydrogen-bond acceptors (Lipinski definition) is 3. The van der Waals surface area contributed by atoms with Crippen LogP contribution in [-0.4, -0.2) is 19.9 Å². The van der Waals surface area contributed by atoms with Gasteiger partial charge < -0.3 is 5.11 Å². The molecule has 1 aliphatic heterocycles. The van der Waals surface area contributed by atoms with Gasteiger partial charge in [0, 0.05) is 18.5 Å². The van der Waals surface area contributed by atoms with E-state index in [1.807, 2.05) is 16.8 Å². The van der Waals surface area contributed by atoms with E-state index >= 15 is 0 Å². The lowest BCUT2D eigenvalue weighted by Crippen LogP contribution is -2.18. The van der Waals surface area contributed by atoms with Crippen LogP contribution in [0.25, 0.3) is 11.4 Å². The van der Waals surface area contributed by atoms with Gasteiger partial charge in [-0.15, -0.1) is 0 Å². The van der Waals surface area contributed by atoms with Gasteiger partial charge in [0.25, 0.3) is 0 Å². The lowest BCUT2D eigenvalue weighted by molar-refractivity contribution is 0.368. The fourth-order valence-corrected chi connectivity index (χ4v) is 2.20. The summed E-state index contributed by atoms with van der Waals surface area (Å²) < 4.78 is 2.01. The third-order valence-corrected chi connectivity index (χ3v) is 3.22. The van der Waals surface area contributed by atoms with Crippen LogP contribution >= 0.6 is 0 Å². The number of hydrogen-bond donors (Lipinski definition) is 1. The van der Waals surface area contributed by atoms with Crippen LogP contribution in [0.1, 0.15) is 19.2 Å². The second kappa shape index (κ2) is 3.87. The van der Waals surface area contributed by atoms with E-state index in [4.69, 9.17) is 0 Å². The standard InChI is InChI=1S/C13H15N3O/c1-9-2-7-12-14-13(15-16(12)8-9)10-3-5-11(17)6-4-10/h3-6,9,17H,2,7-8H2,1H3. The number of aromatic nitrogens is 3. The van der Waals surface area contributed by atoms with Crippen LogP contribution < -0.4 is 0 Å². The second-order valence-electron chi connectivity index (χ2n) is 4.72. The summed E-state index contributed by atoms with van der Waals surface area (Å²) in [5, 5.41) is 13.8. The molecule has 0 saturated carbocycles. The SMILES string of the molecule is CC1CCc2nc(-c3ccc(O)cc3)nn2C1. The molecule has 0 fully saturated rings. The van der Waals surface area contributed by atoms with Gasteiger partial charge in [-0.1, -0.05) is 6.92 Å². The van der Waals surface area contributed by atoms with Crippen molar-refractivity contribution in [2.45, 2.75) is 26.3 Å². The largest absolute Gasteiger partial charge is 0.508 e. The van der Waals surface area contributed by atoms with Crippen LogP contribution in [0.15, 0.2) is 24.3 Å². The molecule has 3 rings (SSSR count). The van der Waals surface area contributed by atoms with Crippen LogP contribution in [0.3, 0.4) is 0 Å². The number of rotatable bonds is 1. The first-order chi connectivity index (χ1) is 8.22. The highest BCUT2D eigenvalue weighted by atomic mass is 16.3. The number of fused-ring (bicyclic) bond motifs is 1. The molecule has 0 amide bonds. The van der Waals surface area contributed by atoms with Gasteiger partial charge in [0.1, 0.15) is 11.6 Å². The predicted octanol–water partition coefficient (Wildman–Crippen LogP) is 2.23. The number of phenols is 1. The van der Waals surface area contributed by atoms with Crippen molar-refractivity contribution in [1.82, 2.24) is 14.8 Å². The summed E-state index contributed by atoms with van der Waals surface area (Å²) in [6, 6.07) is 7.02. The molecule has 0 saturated heterocycles. The van der Waals surface area contributed by atoms with Crippen LogP contribution in [0, 0.1) is 5.92 Å². The van der Waals surface area contributed by atoms with Gasteiger partial charge in [-0.3, -0.25) is 0 Å². The molecule has 1 N–H and O–H groups in total. The molecule has 1 unspecified atom stereocenters. The zero-order valence-corrected chi connectivity index (χ0v) is 9.80. The van der Waals surface area contributed by atoms with E-state index in [1.165, 1.54) is 6.42 Å². The van der Waals surface area contributed by atoms with E-state index in [-0.39, 0.29) is 5.75 Å². The van der Waals surface area contributed by atoms with Gasteiger partial charge in [0.05, 0.1) is 0 Å². The minimum absolute atomic E-state index is 0.270. The molecule has 0 radical (unpaired) electrons. The minimum atomic E-state index is 0.270. The first kappa shape index (κ1) is 10.3. The molecular formula is C13H15N3O. The van der Waals surface area contributed by atoms with Crippen molar-refractivity contribution >= 4 is 0 Å². The fraction of sp³-hybridized carbons (Fsp3) is 0.385. The first-order valence-electron chi connectivity index (χ1n) is 5.95. The van der Waals surface area contributed by atoms with Gasteiger partial charge >= 0.3 is 0 Å². The van der Waals surface area contributed by atoms with Gasteiger partial charge in [0.15, 0.2) is 5.82 Å². The van der Waals surface area contributed by atoms with E-state index < -0.39 is 0 Å². The van der Waals surface area contributed by atoms with Crippen molar-refractivity contribution in [2.24, 2.45) is 5.92 Å². The third-order valence-electron chi connectivity index (χ3n) is 3.22. The summed E-state index contributed by atoms with van der Waals surface area (Å²) in [4.78, 5) is 4.56. The Balaban J connectivity index is 1.97. The Bertz CT molecular complexity index is 530. The predicted molar refractivity (Wildman–Crippen MR) is 64.6 cm³/mol. The number of benzene rings is 1. The maximum Gasteiger partial charge on any atom is 0.181 e. The number of aryl methyl sites for hydroxylation is 1. The molecule has 17 heavy (non-hydrogen) atoms. The quantitative estimate of drug-likeness (QED) is 0.815. The third kappa shape index (κ3) is 1.90. The highest BCUT2D eigenvalue weighted by Gasteiger charge is 2.18. The van der Waals surface area contributed by atoms with Gasteiger partial charge in [-0.2, -0.15) is 5.10 Å². The van der Waals surface area contributed by atoms with Crippen LogP contribution in [0.4, 0.5) is 0 Å². The Morgan fingerprint density at radius 2 is 2.06 bits per heavy atom. The molecule has 1 atom stereocenters. The molecule has 4 heteroatoms. The normalized spacial score (nSPS) is 19.0. The first-order valence-corrected chi connectivity index (χ1v) is 5.95. The maximum absolute atomic E-state index is 9.25. The van der Waals surface area contributed by atoms with E-state index in [0.717, 1.165) is 30.2 Å².